The van der Waals surface area contributed by atoms with E-state index in [0.717, 1.165) is 11.6 Å². The first kappa shape index (κ1) is 20.9. The minimum absolute atomic E-state index is 0.0258. The number of morpholine rings is 1. The zero-order chi connectivity index (χ0) is 21.1. The van der Waals surface area contributed by atoms with Gasteiger partial charge in [-0.2, -0.15) is 0 Å². The van der Waals surface area contributed by atoms with E-state index in [1.54, 1.807) is 12.1 Å². The molecule has 4 nitrogen and oxygen atoms in total. The molecule has 160 valence electrons. The van der Waals surface area contributed by atoms with Gasteiger partial charge >= 0.3 is 0 Å². The molecule has 0 spiro atoms. The quantitative estimate of drug-likeness (QED) is 0.761. The highest BCUT2D eigenvalue weighted by Gasteiger charge is 2.35. The molecule has 2 aromatic carbocycles. The average molecular weight is 418 g/mol. The van der Waals surface area contributed by atoms with E-state index < -0.39 is 11.6 Å². The Bertz CT molecular complexity index is 885. The number of benzene rings is 2. The van der Waals surface area contributed by atoms with Gasteiger partial charge in [0.2, 0.25) is 5.91 Å². The van der Waals surface area contributed by atoms with Crippen LogP contribution < -0.4 is 0 Å². The molecule has 0 aliphatic carbocycles. The van der Waals surface area contributed by atoms with Crippen LogP contribution in [0.4, 0.5) is 13.2 Å². The predicted molar refractivity (Wildman–Crippen MR) is 106 cm³/mol. The van der Waals surface area contributed by atoms with Crippen LogP contribution in [-0.2, 0) is 16.1 Å². The van der Waals surface area contributed by atoms with Crippen LogP contribution in [0.15, 0.2) is 42.5 Å². The van der Waals surface area contributed by atoms with Gasteiger partial charge in [0.1, 0.15) is 17.5 Å². The van der Waals surface area contributed by atoms with E-state index in [1.165, 1.54) is 24.3 Å². The molecule has 2 heterocycles. The van der Waals surface area contributed by atoms with Gasteiger partial charge in [0.25, 0.3) is 0 Å². The van der Waals surface area contributed by atoms with Crippen molar-refractivity contribution in [1.29, 1.82) is 0 Å². The van der Waals surface area contributed by atoms with Crippen LogP contribution in [-0.4, -0.2) is 55.1 Å². The van der Waals surface area contributed by atoms with Crippen LogP contribution in [0.2, 0.25) is 0 Å². The van der Waals surface area contributed by atoms with Gasteiger partial charge in [-0.15, -0.1) is 0 Å². The van der Waals surface area contributed by atoms with Crippen molar-refractivity contribution in [1.82, 2.24) is 9.80 Å². The van der Waals surface area contributed by atoms with Gasteiger partial charge in [0, 0.05) is 44.4 Å². The van der Waals surface area contributed by atoms with Crippen LogP contribution in [0.1, 0.15) is 23.5 Å². The van der Waals surface area contributed by atoms with Crippen molar-refractivity contribution in [3.63, 3.8) is 0 Å². The van der Waals surface area contributed by atoms with Crippen LogP contribution in [0.25, 0.3) is 0 Å². The zero-order valence-electron chi connectivity index (χ0n) is 16.7. The third kappa shape index (κ3) is 4.84. The van der Waals surface area contributed by atoms with Crippen molar-refractivity contribution in [3.05, 3.63) is 71.0 Å². The number of ether oxygens (including phenoxy) is 1. The lowest BCUT2D eigenvalue weighted by Gasteiger charge is -2.40. The molecule has 4 rings (SSSR count). The number of likely N-dealkylation sites (tertiary alicyclic amines) is 1. The summed E-state index contributed by atoms with van der Waals surface area (Å²) in [4.78, 5) is 17.0. The van der Waals surface area contributed by atoms with Crippen molar-refractivity contribution >= 4 is 5.91 Å². The predicted octanol–water partition coefficient (Wildman–Crippen LogP) is 3.57. The molecular weight excluding hydrogens is 393 g/mol. The topological polar surface area (TPSA) is 32.8 Å². The van der Waals surface area contributed by atoms with Gasteiger partial charge < -0.3 is 9.64 Å². The van der Waals surface area contributed by atoms with E-state index in [2.05, 4.69) is 0 Å². The molecule has 0 radical (unpaired) electrons. The fourth-order valence-electron chi connectivity index (χ4n) is 4.41. The maximum absolute atomic E-state index is 14.2. The molecular formula is C23H25F3N2O2. The largest absolute Gasteiger partial charge is 0.378 e. The van der Waals surface area contributed by atoms with Crippen LogP contribution in [0, 0.1) is 23.4 Å². The molecule has 30 heavy (non-hydrogen) atoms. The SMILES string of the molecule is O=C(C1CC(c2ccc(F)cc2)CN(Cc2ccc(F)cc2F)C1)N1CCOCC1. The molecule has 2 aliphatic rings. The summed E-state index contributed by atoms with van der Waals surface area (Å²) in [5, 5.41) is 0. The first-order chi connectivity index (χ1) is 14.5. The van der Waals surface area contributed by atoms with Gasteiger partial charge in [-0.25, -0.2) is 13.2 Å². The summed E-state index contributed by atoms with van der Waals surface area (Å²) >= 11 is 0. The fraction of sp³-hybridized carbons (Fsp3) is 0.435. The van der Waals surface area contributed by atoms with Crippen LogP contribution in [0.5, 0.6) is 0 Å². The van der Waals surface area contributed by atoms with E-state index in [4.69, 9.17) is 4.74 Å². The van der Waals surface area contributed by atoms with E-state index in [0.29, 0.717) is 51.4 Å². The van der Waals surface area contributed by atoms with Crippen molar-refractivity contribution in [2.75, 3.05) is 39.4 Å². The Kier molecular flexibility index (Phi) is 6.39. The van der Waals surface area contributed by atoms with Gasteiger partial charge in [0.05, 0.1) is 19.1 Å². The first-order valence-corrected chi connectivity index (χ1v) is 10.3. The minimum Gasteiger partial charge on any atom is -0.378 e. The summed E-state index contributed by atoms with van der Waals surface area (Å²) in [6.07, 6.45) is 0.657. The highest BCUT2D eigenvalue weighted by atomic mass is 19.1. The molecule has 2 aromatic rings. The number of carbonyl (C=O) groups excluding carboxylic acids is 1. The Morgan fingerprint density at radius 1 is 0.967 bits per heavy atom. The number of rotatable bonds is 4. The van der Waals surface area contributed by atoms with Gasteiger partial charge in [-0.05, 0) is 36.1 Å². The monoisotopic (exact) mass is 418 g/mol. The summed E-state index contributed by atoms with van der Waals surface area (Å²) in [5.41, 5.74) is 1.36. The third-order valence-electron chi connectivity index (χ3n) is 5.95. The third-order valence-corrected chi connectivity index (χ3v) is 5.95. The molecule has 2 aliphatic heterocycles. The number of piperidine rings is 1. The Morgan fingerprint density at radius 2 is 1.67 bits per heavy atom. The second-order valence-electron chi connectivity index (χ2n) is 8.05. The number of amides is 1. The smallest absolute Gasteiger partial charge is 0.227 e. The lowest BCUT2D eigenvalue weighted by Crippen LogP contribution is -2.49. The molecule has 2 saturated heterocycles. The van der Waals surface area contributed by atoms with Crippen LogP contribution >= 0.6 is 0 Å². The summed E-state index contributed by atoms with van der Waals surface area (Å²) < 4.78 is 46.2. The van der Waals surface area contributed by atoms with Crippen molar-refractivity contribution in [2.24, 2.45) is 5.92 Å². The van der Waals surface area contributed by atoms with Crippen LogP contribution in [0.3, 0.4) is 0 Å². The molecule has 7 heteroatoms. The number of carbonyl (C=O) groups is 1. The Morgan fingerprint density at radius 3 is 2.37 bits per heavy atom. The highest BCUT2D eigenvalue weighted by Crippen LogP contribution is 2.32. The van der Waals surface area contributed by atoms with E-state index in [9.17, 15) is 18.0 Å². The molecule has 0 aromatic heterocycles. The highest BCUT2D eigenvalue weighted by molar-refractivity contribution is 5.79. The molecule has 2 atom stereocenters. The molecule has 2 fully saturated rings. The summed E-state index contributed by atoms with van der Waals surface area (Å²) in [6.45, 7) is 3.62. The first-order valence-electron chi connectivity index (χ1n) is 10.3. The Balaban J connectivity index is 1.55. The molecule has 0 N–H and O–H groups in total. The molecule has 1 amide bonds. The standard InChI is InChI=1S/C23H25F3N2O2/c24-20-4-1-16(2-5-20)18-11-19(23(29)28-7-9-30-10-8-28)15-27(14-18)13-17-3-6-21(25)12-22(17)26/h1-6,12,18-19H,7-11,13-15H2. The molecule has 2 unspecified atom stereocenters. The lowest BCUT2D eigenvalue weighted by molar-refractivity contribution is -0.141. The second kappa shape index (κ2) is 9.18. The Labute approximate surface area is 174 Å². The number of hydrogen-bond donors (Lipinski definition) is 0. The normalized spacial score (nSPS) is 22.8. The van der Waals surface area contributed by atoms with E-state index in [1.807, 2.05) is 9.80 Å². The second-order valence-corrected chi connectivity index (χ2v) is 8.05. The van der Waals surface area contributed by atoms with Gasteiger partial charge in [0.15, 0.2) is 0 Å². The lowest BCUT2D eigenvalue weighted by atomic mass is 9.83. The summed E-state index contributed by atoms with van der Waals surface area (Å²) in [5.74, 6) is -1.64. The van der Waals surface area contributed by atoms with Crippen molar-refractivity contribution in [2.45, 2.75) is 18.9 Å². The van der Waals surface area contributed by atoms with Gasteiger partial charge in [-0.3, -0.25) is 9.69 Å². The molecule has 0 bridgehead atoms. The maximum atomic E-state index is 14.2. The molecule has 0 saturated carbocycles. The van der Waals surface area contributed by atoms with Crippen molar-refractivity contribution in [3.8, 4) is 0 Å². The summed E-state index contributed by atoms with van der Waals surface area (Å²) in [7, 11) is 0. The maximum Gasteiger partial charge on any atom is 0.227 e. The minimum atomic E-state index is -0.612. The van der Waals surface area contributed by atoms with Crippen molar-refractivity contribution < 1.29 is 22.7 Å². The average Bonchev–Trinajstić information content (AvgIpc) is 2.76. The summed E-state index contributed by atoms with van der Waals surface area (Å²) in [6, 6.07) is 9.92. The Hall–Kier alpha value is -2.38. The van der Waals surface area contributed by atoms with E-state index >= 15 is 0 Å². The number of halogens is 3. The van der Waals surface area contributed by atoms with Gasteiger partial charge in [-0.1, -0.05) is 18.2 Å². The fourth-order valence-corrected chi connectivity index (χ4v) is 4.41. The number of nitrogens with zero attached hydrogens (tertiary/aromatic N) is 2. The number of hydrogen-bond acceptors (Lipinski definition) is 3. The van der Waals surface area contributed by atoms with E-state index in [-0.39, 0.29) is 30.1 Å². The zero-order valence-corrected chi connectivity index (χ0v) is 16.7.